The monoisotopic (exact) mass is 272 g/mol. The van der Waals surface area contributed by atoms with E-state index in [1.165, 1.54) is 24.8 Å². The van der Waals surface area contributed by atoms with Gasteiger partial charge in [-0.2, -0.15) is 0 Å². The van der Waals surface area contributed by atoms with Crippen LogP contribution in [0, 0.1) is 0 Å². The molecule has 2 N–H and O–H groups in total. The first kappa shape index (κ1) is 14.1. The van der Waals surface area contributed by atoms with Crippen molar-refractivity contribution in [3.8, 4) is 0 Å². The fourth-order valence-electron chi connectivity index (χ4n) is 4.19. The molecule has 2 nitrogen and oxygen atoms in total. The summed E-state index contributed by atoms with van der Waals surface area (Å²) in [6.07, 6.45) is 3.73. The lowest BCUT2D eigenvalue weighted by atomic mass is 9.79. The molecule has 1 aliphatic carbocycles. The van der Waals surface area contributed by atoms with Crippen molar-refractivity contribution in [2.24, 2.45) is 0 Å². The van der Waals surface area contributed by atoms with Crippen molar-refractivity contribution in [1.29, 1.82) is 0 Å². The third-order valence-electron chi connectivity index (χ3n) is 4.66. The Morgan fingerprint density at radius 3 is 2.20 bits per heavy atom. The molecule has 1 aromatic rings. The Morgan fingerprint density at radius 1 is 1.00 bits per heavy atom. The van der Waals surface area contributed by atoms with E-state index >= 15 is 0 Å². The second kappa shape index (κ2) is 4.85. The molecule has 2 atom stereocenters. The predicted molar refractivity (Wildman–Crippen MR) is 85.0 cm³/mol. The van der Waals surface area contributed by atoms with Gasteiger partial charge in [-0.05, 0) is 52.5 Å². The summed E-state index contributed by atoms with van der Waals surface area (Å²) in [5.41, 5.74) is 1.96. The van der Waals surface area contributed by atoms with E-state index in [1.54, 1.807) is 0 Å². The molecule has 0 bridgehead atoms. The largest absolute Gasteiger partial charge is 0.310 e. The smallest absolute Gasteiger partial charge is 0.0145 e. The van der Waals surface area contributed by atoms with Gasteiger partial charge >= 0.3 is 0 Å². The van der Waals surface area contributed by atoms with Gasteiger partial charge in [-0.1, -0.05) is 30.3 Å². The first-order chi connectivity index (χ1) is 9.35. The molecule has 1 saturated heterocycles. The van der Waals surface area contributed by atoms with Crippen LogP contribution < -0.4 is 10.6 Å². The summed E-state index contributed by atoms with van der Waals surface area (Å²) >= 11 is 0. The Bertz CT molecular complexity index is 448. The van der Waals surface area contributed by atoms with E-state index in [9.17, 15) is 0 Å². The van der Waals surface area contributed by atoms with Crippen molar-refractivity contribution in [1.82, 2.24) is 10.6 Å². The maximum atomic E-state index is 3.91. The molecule has 20 heavy (non-hydrogen) atoms. The number of hydrogen-bond acceptors (Lipinski definition) is 2. The molecular formula is C18H28N2. The summed E-state index contributed by atoms with van der Waals surface area (Å²) in [6, 6.07) is 12.3. The number of nitrogens with one attached hydrogen (secondary N) is 2. The van der Waals surface area contributed by atoms with Gasteiger partial charge in [0, 0.05) is 29.1 Å². The van der Waals surface area contributed by atoms with Crippen LogP contribution in [-0.2, 0) is 0 Å². The molecule has 2 aliphatic rings. The number of rotatable bonds is 3. The van der Waals surface area contributed by atoms with Gasteiger partial charge in [-0.25, -0.2) is 0 Å². The van der Waals surface area contributed by atoms with Crippen LogP contribution in [0.3, 0.4) is 0 Å². The SMILES string of the molecule is CC1(C)CC(NC2CC2c2ccccc2)CC(C)(C)N1. The highest BCUT2D eigenvalue weighted by atomic mass is 15.1. The van der Waals surface area contributed by atoms with Crippen LogP contribution in [0.15, 0.2) is 30.3 Å². The van der Waals surface area contributed by atoms with E-state index in [-0.39, 0.29) is 11.1 Å². The summed E-state index contributed by atoms with van der Waals surface area (Å²) < 4.78 is 0. The quantitative estimate of drug-likeness (QED) is 0.881. The summed E-state index contributed by atoms with van der Waals surface area (Å²) in [5, 5.41) is 7.67. The summed E-state index contributed by atoms with van der Waals surface area (Å²) in [4.78, 5) is 0. The molecule has 0 amide bonds. The van der Waals surface area contributed by atoms with E-state index < -0.39 is 0 Å². The molecule has 110 valence electrons. The van der Waals surface area contributed by atoms with Crippen molar-refractivity contribution < 1.29 is 0 Å². The van der Waals surface area contributed by atoms with Gasteiger partial charge in [0.25, 0.3) is 0 Å². The summed E-state index contributed by atoms with van der Waals surface area (Å²) in [6.45, 7) is 9.29. The van der Waals surface area contributed by atoms with E-state index in [0.717, 1.165) is 5.92 Å². The van der Waals surface area contributed by atoms with Crippen molar-refractivity contribution in [2.75, 3.05) is 0 Å². The van der Waals surface area contributed by atoms with Crippen molar-refractivity contribution in [2.45, 2.75) is 76.0 Å². The zero-order valence-corrected chi connectivity index (χ0v) is 13.2. The summed E-state index contributed by atoms with van der Waals surface area (Å²) in [5.74, 6) is 0.734. The zero-order chi connectivity index (χ0) is 14.4. The Balaban J connectivity index is 1.60. The molecule has 0 spiro atoms. The molecule has 1 aromatic carbocycles. The van der Waals surface area contributed by atoms with Crippen LogP contribution >= 0.6 is 0 Å². The van der Waals surface area contributed by atoms with Crippen molar-refractivity contribution in [3.63, 3.8) is 0 Å². The van der Waals surface area contributed by atoms with Crippen LogP contribution in [-0.4, -0.2) is 23.2 Å². The number of hydrogen-bond donors (Lipinski definition) is 2. The lowest BCUT2D eigenvalue weighted by Crippen LogP contribution is -2.61. The standard InChI is InChI=1S/C18H28N2/c1-17(2)11-14(12-18(3,4)20-17)19-16-10-15(16)13-8-6-5-7-9-13/h5-9,14-16,19-20H,10-12H2,1-4H3. The maximum absolute atomic E-state index is 3.91. The van der Waals surface area contributed by atoms with Crippen LogP contribution in [0.4, 0.5) is 0 Å². The van der Waals surface area contributed by atoms with E-state index in [4.69, 9.17) is 0 Å². The van der Waals surface area contributed by atoms with Crippen LogP contribution in [0.5, 0.6) is 0 Å². The first-order valence-corrected chi connectivity index (χ1v) is 7.95. The molecule has 0 aromatic heterocycles. The Morgan fingerprint density at radius 2 is 1.60 bits per heavy atom. The lowest BCUT2D eigenvalue weighted by molar-refractivity contribution is 0.145. The first-order valence-electron chi connectivity index (χ1n) is 7.95. The second-order valence-electron chi connectivity index (χ2n) is 8.02. The van der Waals surface area contributed by atoms with Crippen molar-refractivity contribution >= 4 is 0 Å². The van der Waals surface area contributed by atoms with Crippen LogP contribution in [0.2, 0.25) is 0 Å². The van der Waals surface area contributed by atoms with Gasteiger partial charge in [-0.3, -0.25) is 0 Å². The molecule has 3 rings (SSSR count). The van der Waals surface area contributed by atoms with Gasteiger partial charge in [0.2, 0.25) is 0 Å². The highest BCUT2D eigenvalue weighted by Gasteiger charge is 2.43. The van der Waals surface area contributed by atoms with E-state index in [2.05, 4.69) is 68.7 Å². The summed E-state index contributed by atoms with van der Waals surface area (Å²) in [7, 11) is 0. The molecule has 1 heterocycles. The highest BCUT2D eigenvalue weighted by Crippen LogP contribution is 2.42. The maximum Gasteiger partial charge on any atom is 0.0145 e. The minimum Gasteiger partial charge on any atom is -0.310 e. The molecule has 2 fully saturated rings. The van der Waals surface area contributed by atoms with Crippen molar-refractivity contribution in [3.05, 3.63) is 35.9 Å². The van der Waals surface area contributed by atoms with E-state index in [0.29, 0.717) is 12.1 Å². The van der Waals surface area contributed by atoms with Gasteiger partial charge in [-0.15, -0.1) is 0 Å². The Hall–Kier alpha value is -0.860. The molecule has 1 aliphatic heterocycles. The Labute approximate surface area is 123 Å². The molecular weight excluding hydrogens is 244 g/mol. The Kier molecular flexibility index (Phi) is 3.42. The normalized spacial score (nSPS) is 32.0. The van der Waals surface area contributed by atoms with Gasteiger partial charge in [0.05, 0.1) is 0 Å². The average molecular weight is 272 g/mol. The van der Waals surface area contributed by atoms with Crippen LogP contribution in [0.1, 0.15) is 58.4 Å². The van der Waals surface area contributed by atoms with Gasteiger partial charge in [0.1, 0.15) is 0 Å². The number of piperidine rings is 1. The lowest BCUT2D eigenvalue weighted by Gasteiger charge is -2.47. The predicted octanol–water partition coefficient (Wildman–Crippen LogP) is 3.44. The van der Waals surface area contributed by atoms with E-state index in [1.807, 2.05) is 0 Å². The van der Waals surface area contributed by atoms with Gasteiger partial charge in [0.15, 0.2) is 0 Å². The minimum absolute atomic E-state index is 0.233. The third-order valence-corrected chi connectivity index (χ3v) is 4.66. The fourth-order valence-corrected chi connectivity index (χ4v) is 4.19. The zero-order valence-electron chi connectivity index (χ0n) is 13.2. The topological polar surface area (TPSA) is 24.1 Å². The van der Waals surface area contributed by atoms with Crippen LogP contribution in [0.25, 0.3) is 0 Å². The fraction of sp³-hybridized carbons (Fsp3) is 0.667. The molecule has 2 unspecified atom stereocenters. The third kappa shape index (κ3) is 3.24. The second-order valence-corrected chi connectivity index (χ2v) is 8.02. The molecule has 1 saturated carbocycles. The molecule has 0 radical (unpaired) electrons. The molecule has 2 heteroatoms. The highest BCUT2D eigenvalue weighted by molar-refractivity contribution is 5.28. The average Bonchev–Trinajstić information content (AvgIpc) is 3.05. The number of benzene rings is 1. The minimum atomic E-state index is 0.233. The van der Waals surface area contributed by atoms with Gasteiger partial charge < -0.3 is 10.6 Å².